The molecular formula is C33H23FN2O. The van der Waals surface area contributed by atoms with Crippen LogP contribution in [0.1, 0.15) is 11.1 Å². The summed E-state index contributed by atoms with van der Waals surface area (Å²) in [7, 11) is 0. The molecule has 0 fully saturated rings. The van der Waals surface area contributed by atoms with Crippen LogP contribution in [-0.2, 0) is 0 Å². The summed E-state index contributed by atoms with van der Waals surface area (Å²) >= 11 is 0. The first-order chi connectivity index (χ1) is 18.1. The molecule has 178 valence electrons. The summed E-state index contributed by atoms with van der Waals surface area (Å²) in [5.74, 6) is 0.475. The number of imidazole rings is 1. The highest BCUT2D eigenvalue weighted by atomic mass is 19.1. The predicted octanol–water partition coefficient (Wildman–Crippen LogP) is 9.01. The number of rotatable bonds is 3. The van der Waals surface area contributed by atoms with Crippen LogP contribution in [0, 0.1) is 19.7 Å². The summed E-state index contributed by atoms with van der Waals surface area (Å²) in [4.78, 5) is 4.93. The van der Waals surface area contributed by atoms with E-state index in [1.807, 2.05) is 36.4 Å². The number of nitrogens with zero attached hydrogens (tertiary/aromatic N) is 2. The maximum atomic E-state index is 14.2. The molecule has 0 bridgehead atoms. The molecule has 0 aliphatic carbocycles. The Morgan fingerprint density at radius 1 is 0.703 bits per heavy atom. The van der Waals surface area contributed by atoms with Crippen molar-refractivity contribution in [1.82, 2.24) is 9.55 Å². The second-order valence-electron chi connectivity index (χ2n) is 9.51. The van der Waals surface area contributed by atoms with E-state index in [0.29, 0.717) is 5.52 Å². The molecule has 0 spiro atoms. The van der Waals surface area contributed by atoms with E-state index in [1.165, 1.54) is 12.1 Å². The minimum Gasteiger partial charge on any atom is -0.455 e. The molecule has 0 amide bonds. The molecule has 4 heteroatoms. The van der Waals surface area contributed by atoms with Gasteiger partial charge in [0.25, 0.3) is 0 Å². The van der Waals surface area contributed by atoms with Crippen LogP contribution in [0.2, 0.25) is 0 Å². The average Bonchev–Trinajstić information content (AvgIpc) is 3.47. The molecule has 0 N–H and O–H groups in total. The number of para-hydroxylation sites is 2. The van der Waals surface area contributed by atoms with E-state index in [2.05, 4.69) is 73.0 Å². The number of fused-ring (bicyclic) bond motifs is 4. The molecule has 2 heterocycles. The summed E-state index contributed by atoms with van der Waals surface area (Å²) in [6.07, 6.45) is 0. The van der Waals surface area contributed by atoms with Crippen LogP contribution in [0.4, 0.5) is 4.39 Å². The van der Waals surface area contributed by atoms with Crippen molar-refractivity contribution in [2.75, 3.05) is 0 Å². The lowest BCUT2D eigenvalue weighted by Crippen LogP contribution is -2.02. The lowest BCUT2D eigenvalue weighted by atomic mass is 10.0. The Morgan fingerprint density at radius 3 is 2.30 bits per heavy atom. The minimum atomic E-state index is -0.296. The fourth-order valence-electron chi connectivity index (χ4n) is 5.41. The van der Waals surface area contributed by atoms with Gasteiger partial charge in [0, 0.05) is 28.0 Å². The normalized spacial score (nSPS) is 11.6. The third kappa shape index (κ3) is 3.37. The summed E-state index contributed by atoms with van der Waals surface area (Å²) in [6.45, 7) is 4.19. The van der Waals surface area contributed by atoms with Gasteiger partial charge in [0.2, 0.25) is 0 Å². The number of aryl methyl sites for hydroxylation is 2. The molecule has 0 radical (unpaired) electrons. The molecular weight excluding hydrogens is 459 g/mol. The lowest BCUT2D eigenvalue weighted by molar-refractivity contribution is 0.629. The second kappa shape index (κ2) is 8.17. The van der Waals surface area contributed by atoms with Crippen molar-refractivity contribution in [2.45, 2.75) is 13.8 Å². The third-order valence-electron chi connectivity index (χ3n) is 7.12. The van der Waals surface area contributed by atoms with E-state index in [0.717, 1.165) is 66.8 Å². The Kier molecular flexibility index (Phi) is 4.76. The van der Waals surface area contributed by atoms with Gasteiger partial charge in [-0.1, -0.05) is 66.7 Å². The molecule has 0 saturated carbocycles. The fourth-order valence-corrected chi connectivity index (χ4v) is 5.41. The molecule has 2 aromatic heterocycles. The lowest BCUT2D eigenvalue weighted by Gasteiger charge is -2.15. The molecule has 0 unspecified atom stereocenters. The second-order valence-corrected chi connectivity index (χ2v) is 9.51. The van der Waals surface area contributed by atoms with E-state index >= 15 is 0 Å². The van der Waals surface area contributed by atoms with Gasteiger partial charge in [-0.3, -0.25) is 4.57 Å². The monoisotopic (exact) mass is 482 g/mol. The van der Waals surface area contributed by atoms with Crippen LogP contribution in [0.5, 0.6) is 0 Å². The third-order valence-corrected chi connectivity index (χ3v) is 7.12. The molecule has 0 aliphatic heterocycles. The van der Waals surface area contributed by atoms with Crippen LogP contribution < -0.4 is 0 Å². The molecule has 7 aromatic rings. The Morgan fingerprint density at radius 2 is 1.49 bits per heavy atom. The van der Waals surface area contributed by atoms with E-state index in [-0.39, 0.29) is 5.82 Å². The maximum absolute atomic E-state index is 14.2. The highest BCUT2D eigenvalue weighted by molar-refractivity contribution is 6.10. The molecule has 7 rings (SSSR count). The van der Waals surface area contributed by atoms with Crippen molar-refractivity contribution in [1.29, 1.82) is 0 Å². The van der Waals surface area contributed by atoms with Crippen LogP contribution in [-0.4, -0.2) is 9.55 Å². The highest BCUT2D eigenvalue weighted by Gasteiger charge is 2.19. The van der Waals surface area contributed by atoms with E-state index in [1.54, 1.807) is 0 Å². The first-order valence-corrected chi connectivity index (χ1v) is 12.3. The largest absolute Gasteiger partial charge is 0.455 e. The standard InChI is InChI=1S/C33H23FN2O/c1-20-8-6-9-21(2)31(20)36-29-16-15-24(34)19-28(29)35-33(36)23-14-17-30-27(18-23)26-13-7-12-25(32(26)37-30)22-10-4-3-5-11-22/h3-19H,1-2H3. The predicted molar refractivity (Wildman–Crippen MR) is 149 cm³/mol. The van der Waals surface area contributed by atoms with Crippen molar-refractivity contribution < 1.29 is 8.81 Å². The summed E-state index contributed by atoms with van der Waals surface area (Å²) in [5.41, 5.74) is 9.64. The Balaban J connectivity index is 1.51. The smallest absolute Gasteiger partial charge is 0.145 e. The first kappa shape index (κ1) is 21.6. The Bertz CT molecular complexity index is 1940. The number of hydrogen-bond donors (Lipinski definition) is 0. The van der Waals surface area contributed by atoms with Crippen molar-refractivity contribution >= 4 is 33.0 Å². The Labute approximate surface area is 213 Å². The zero-order chi connectivity index (χ0) is 25.1. The van der Waals surface area contributed by atoms with Crippen molar-refractivity contribution in [3.05, 3.63) is 120 Å². The van der Waals surface area contributed by atoms with Crippen LogP contribution in [0.3, 0.4) is 0 Å². The number of aromatic nitrogens is 2. The van der Waals surface area contributed by atoms with E-state index < -0.39 is 0 Å². The number of benzene rings is 5. The van der Waals surface area contributed by atoms with Gasteiger partial charge in [-0.15, -0.1) is 0 Å². The van der Waals surface area contributed by atoms with Gasteiger partial charge in [-0.05, 0) is 60.9 Å². The van der Waals surface area contributed by atoms with Gasteiger partial charge in [0.15, 0.2) is 0 Å². The van der Waals surface area contributed by atoms with Crippen LogP contribution in [0.25, 0.3) is 61.2 Å². The summed E-state index contributed by atoms with van der Waals surface area (Å²) in [6, 6.07) is 33.8. The molecule has 37 heavy (non-hydrogen) atoms. The first-order valence-electron chi connectivity index (χ1n) is 12.3. The fraction of sp³-hybridized carbons (Fsp3) is 0.0606. The molecule has 0 saturated heterocycles. The molecule has 5 aromatic carbocycles. The molecule has 0 aliphatic rings. The van der Waals surface area contributed by atoms with Crippen molar-refractivity contribution in [2.24, 2.45) is 0 Å². The zero-order valence-electron chi connectivity index (χ0n) is 20.5. The van der Waals surface area contributed by atoms with Crippen molar-refractivity contribution in [3.8, 4) is 28.2 Å². The van der Waals surface area contributed by atoms with E-state index in [9.17, 15) is 4.39 Å². The van der Waals surface area contributed by atoms with Gasteiger partial charge in [0.05, 0.1) is 16.7 Å². The van der Waals surface area contributed by atoms with Gasteiger partial charge in [-0.2, -0.15) is 0 Å². The molecule has 0 atom stereocenters. The molecule has 3 nitrogen and oxygen atoms in total. The number of halogens is 1. The van der Waals surface area contributed by atoms with Gasteiger partial charge >= 0.3 is 0 Å². The maximum Gasteiger partial charge on any atom is 0.145 e. The average molecular weight is 483 g/mol. The van der Waals surface area contributed by atoms with Gasteiger partial charge < -0.3 is 4.42 Å². The SMILES string of the molecule is Cc1cccc(C)c1-n1c(-c2ccc3oc4c(-c5ccccc5)cccc4c3c2)nc2cc(F)ccc21. The minimum absolute atomic E-state index is 0.296. The van der Waals surface area contributed by atoms with Crippen LogP contribution in [0.15, 0.2) is 108 Å². The van der Waals surface area contributed by atoms with E-state index in [4.69, 9.17) is 9.40 Å². The summed E-state index contributed by atoms with van der Waals surface area (Å²) in [5, 5.41) is 2.08. The van der Waals surface area contributed by atoms with Gasteiger partial charge in [-0.25, -0.2) is 9.37 Å². The van der Waals surface area contributed by atoms with Crippen molar-refractivity contribution in [3.63, 3.8) is 0 Å². The summed E-state index contributed by atoms with van der Waals surface area (Å²) < 4.78 is 22.7. The number of hydrogen-bond acceptors (Lipinski definition) is 2. The Hall–Kier alpha value is -4.70. The highest BCUT2D eigenvalue weighted by Crippen LogP contribution is 2.39. The zero-order valence-corrected chi connectivity index (χ0v) is 20.5. The van der Waals surface area contributed by atoms with Crippen LogP contribution >= 0.6 is 0 Å². The number of furan rings is 1. The van der Waals surface area contributed by atoms with Gasteiger partial charge in [0.1, 0.15) is 22.8 Å². The topological polar surface area (TPSA) is 31.0 Å². The quantitative estimate of drug-likeness (QED) is 0.252.